The standard InChI is InChI=1S/C18H15N3OS/c19-17-16(18-20-13-8-4-5-9-15(13)23-18)14(22)11-21(17)10-12-6-2-1-3-7-12/h1-9,11,22H,10,19H2. The summed E-state index contributed by atoms with van der Waals surface area (Å²) in [6, 6.07) is 17.9. The zero-order valence-electron chi connectivity index (χ0n) is 12.3. The number of hydrogen-bond donors (Lipinski definition) is 2. The first kappa shape index (κ1) is 13.8. The van der Waals surface area contributed by atoms with Gasteiger partial charge in [-0.05, 0) is 17.7 Å². The second-order valence-electron chi connectivity index (χ2n) is 5.37. The molecule has 0 bridgehead atoms. The molecule has 0 fully saturated rings. The Morgan fingerprint density at radius 2 is 1.78 bits per heavy atom. The molecular weight excluding hydrogens is 306 g/mol. The minimum absolute atomic E-state index is 0.164. The first-order chi connectivity index (χ1) is 11.2. The van der Waals surface area contributed by atoms with Gasteiger partial charge in [-0.2, -0.15) is 0 Å². The SMILES string of the molecule is Nc1c(-c2nc3ccccc3s2)c(O)cn1Cc1ccccc1. The highest BCUT2D eigenvalue weighted by Crippen LogP contribution is 2.40. The van der Waals surface area contributed by atoms with E-state index in [1.54, 1.807) is 6.20 Å². The maximum Gasteiger partial charge on any atom is 0.145 e. The molecule has 23 heavy (non-hydrogen) atoms. The largest absolute Gasteiger partial charge is 0.506 e. The molecule has 4 aromatic rings. The summed E-state index contributed by atoms with van der Waals surface area (Å²) in [4.78, 5) is 4.59. The maximum absolute atomic E-state index is 10.3. The van der Waals surface area contributed by atoms with Crippen LogP contribution < -0.4 is 5.73 Å². The molecule has 0 spiro atoms. The molecule has 114 valence electrons. The molecule has 0 atom stereocenters. The molecule has 0 unspecified atom stereocenters. The zero-order valence-corrected chi connectivity index (χ0v) is 13.1. The quantitative estimate of drug-likeness (QED) is 0.597. The van der Waals surface area contributed by atoms with Crippen molar-refractivity contribution in [1.29, 1.82) is 0 Å². The molecular formula is C18H15N3OS. The van der Waals surface area contributed by atoms with E-state index in [1.807, 2.05) is 59.2 Å². The summed E-state index contributed by atoms with van der Waals surface area (Å²) in [5.74, 6) is 0.697. The highest BCUT2D eigenvalue weighted by molar-refractivity contribution is 7.21. The van der Waals surface area contributed by atoms with E-state index in [9.17, 15) is 5.11 Å². The van der Waals surface area contributed by atoms with Gasteiger partial charge in [0, 0.05) is 12.7 Å². The molecule has 0 saturated heterocycles. The van der Waals surface area contributed by atoms with Crippen molar-refractivity contribution < 1.29 is 5.11 Å². The van der Waals surface area contributed by atoms with Crippen LogP contribution in [-0.2, 0) is 6.54 Å². The predicted octanol–water partition coefficient (Wildman–Crippen LogP) is 4.10. The summed E-state index contributed by atoms with van der Waals surface area (Å²) in [5, 5.41) is 11.1. The second-order valence-corrected chi connectivity index (χ2v) is 6.41. The van der Waals surface area contributed by atoms with Gasteiger partial charge in [-0.25, -0.2) is 4.98 Å². The van der Waals surface area contributed by atoms with Crippen molar-refractivity contribution in [2.45, 2.75) is 6.54 Å². The van der Waals surface area contributed by atoms with Gasteiger partial charge in [-0.3, -0.25) is 0 Å². The molecule has 0 aliphatic heterocycles. The second kappa shape index (κ2) is 5.44. The summed E-state index contributed by atoms with van der Waals surface area (Å²) in [5.41, 5.74) is 8.94. The Morgan fingerprint density at radius 1 is 1.04 bits per heavy atom. The Morgan fingerprint density at radius 3 is 2.57 bits per heavy atom. The Kier molecular flexibility index (Phi) is 3.28. The Hall–Kier alpha value is -2.79. The first-order valence-electron chi connectivity index (χ1n) is 7.30. The minimum atomic E-state index is 0.164. The number of thiazole rings is 1. The van der Waals surface area contributed by atoms with E-state index in [-0.39, 0.29) is 5.75 Å². The molecule has 0 aliphatic carbocycles. The Bertz CT molecular complexity index is 940. The molecule has 3 N–H and O–H groups in total. The van der Waals surface area contributed by atoms with Crippen molar-refractivity contribution >= 4 is 27.4 Å². The summed E-state index contributed by atoms with van der Waals surface area (Å²) in [6.45, 7) is 0.616. The van der Waals surface area contributed by atoms with Gasteiger partial charge in [0.15, 0.2) is 0 Å². The number of para-hydroxylation sites is 1. The fourth-order valence-corrected chi connectivity index (χ4v) is 3.69. The number of rotatable bonds is 3. The Labute approximate surface area is 137 Å². The van der Waals surface area contributed by atoms with Crippen molar-refractivity contribution in [3.8, 4) is 16.3 Å². The van der Waals surface area contributed by atoms with E-state index in [1.165, 1.54) is 11.3 Å². The fourth-order valence-electron chi connectivity index (χ4n) is 2.67. The van der Waals surface area contributed by atoms with Crippen LogP contribution in [0.5, 0.6) is 5.75 Å². The number of aromatic nitrogens is 2. The van der Waals surface area contributed by atoms with Gasteiger partial charge in [-0.15, -0.1) is 11.3 Å². The summed E-state index contributed by atoms with van der Waals surface area (Å²) in [7, 11) is 0. The lowest BCUT2D eigenvalue weighted by atomic mass is 10.2. The predicted molar refractivity (Wildman–Crippen MR) is 94.7 cm³/mol. The van der Waals surface area contributed by atoms with Crippen LogP contribution in [0.4, 0.5) is 5.82 Å². The molecule has 2 aromatic carbocycles. The molecule has 0 aliphatic rings. The molecule has 4 nitrogen and oxygen atoms in total. The van der Waals surface area contributed by atoms with Gasteiger partial charge >= 0.3 is 0 Å². The number of hydrogen-bond acceptors (Lipinski definition) is 4. The highest BCUT2D eigenvalue weighted by atomic mass is 32.1. The van der Waals surface area contributed by atoms with Crippen molar-refractivity contribution in [1.82, 2.24) is 9.55 Å². The minimum Gasteiger partial charge on any atom is -0.506 e. The van der Waals surface area contributed by atoms with Crippen LogP contribution in [-0.4, -0.2) is 14.7 Å². The van der Waals surface area contributed by atoms with Gasteiger partial charge < -0.3 is 15.4 Å². The van der Waals surface area contributed by atoms with Crippen molar-refractivity contribution in [2.24, 2.45) is 0 Å². The van der Waals surface area contributed by atoms with E-state index < -0.39 is 0 Å². The molecule has 2 aromatic heterocycles. The van der Waals surface area contributed by atoms with Crippen LogP contribution in [0.3, 0.4) is 0 Å². The fraction of sp³-hybridized carbons (Fsp3) is 0.0556. The topological polar surface area (TPSA) is 64.1 Å². The monoisotopic (exact) mass is 321 g/mol. The average Bonchev–Trinajstić information content (AvgIpc) is 3.09. The molecule has 2 heterocycles. The Balaban J connectivity index is 1.77. The lowest BCUT2D eigenvalue weighted by Gasteiger charge is -2.06. The number of nitrogen functional groups attached to an aromatic ring is 1. The van der Waals surface area contributed by atoms with Crippen LogP contribution in [0.15, 0.2) is 60.8 Å². The van der Waals surface area contributed by atoms with Crippen molar-refractivity contribution in [2.75, 3.05) is 5.73 Å². The normalized spacial score (nSPS) is 11.1. The van der Waals surface area contributed by atoms with Crippen LogP contribution in [0.2, 0.25) is 0 Å². The zero-order chi connectivity index (χ0) is 15.8. The van der Waals surface area contributed by atoms with Gasteiger partial charge in [0.2, 0.25) is 0 Å². The number of aromatic hydroxyl groups is 1. The summed E-state index contributed by atoms with van der Waals surface area (Å²) >= 11 is 1.53. The van der Waals surface area contributed by atoms with E-state index in [0.29, 0.717) is 17.9 Å². The van der Waals surface area contributed by atoms with Gasteiger partial charge in [0.25, 0.3) is 0 Å². The molecule has 4 rings (SSSR count). The van der Waals surface area contributed by atoms with Crippen LogP contribution in [0.1, 0.15) is 5.56 Å². The maximum atomic E-state index is 10.3. The molecule has 5 heteroatoms. The van der Waals surface area contributed by atoms with Crippen molar-refractivity contribution in [3.05, 3.63) is 66.4 Å². The third-order valence-corrected chi connectivity index (χ3v) is 4.86. The van der Waals surface area contributed by atoms with Gasteiger partial charge in [0.1, 0.15) is 16.6 Å². The third-order valence-electron chi connectivity index (χ3n) is 3.80. The van der Waals surface area contributed by atoms with Crippen LogP contribution >= 0.6 is 11.3 Å². The van der Waals surface area contributed by atoms with Crippen LogP contribution in [0, 0.1) is 0 Å². The third kappa shape index (κ3) is 2.45. The number of nitrogens with two attached hydrogens (primary N) is 1. The number of nitrogens with zero attached hydrogens (tertiary/aromatic N) is 2. The average molecular weight is 321 g/mol. The summed E-state index contributed by atoms with van der Waals surface area (Å²) < 4.78 is 2.93. The van der Waals surface area contributed by atoms with E-state index in [2.05, 4.69) is 4.98 Å². The van der Waals surface area contributed by atoms with E-state index in [0.717, 1.165) is 20.8 Å². The number of anilines is 1. The molecule has 0 saturated carbocycles. The smallest absolute Gasteiger partial charge is 0.145 e. The van der Waals surface area contributed by atoms with E-state index in [4.69, 9.17) is 5.73 Å². The van der Waals surface area contributed by atoms with Crippen molar-refractivity contribution in [3.63, 3.8) is 0 Å². The first-order valence-corrected chi connectivity index (χ1v) is 8.11. The number of benzene rings is 2. The molecule has 0 radical (unpaired) electrons. The van der Waals surface area contributed by atoms with Gasteiger partial charge in [-0.1, -0.05) is 42.5 Å². The number of fused-ring (bicyclic) bond motifs is 1. The summed E-state index contributed by atoms with van der Waals surface area (Å²) in [6.07, 6.45) is 1.67. The van der Waals surface area contributed by atoms with Crippen LogP contribution in [0.25, 0.3) is 20.8 Å². The lowest BCUT2D eigenvalue weighted by Crippen LogP contribution is -2.03. The van der Waals surface area contributed by atoms with Gasteiger partial charge in [0.05, 0.1) is 15.8 Å². The highest BCUT2D eigenvalue weighted by Gasteiger charge is 2.18. The molecule has 0 amide bonds. The lowest BCUT2D eigenvalue weighted by molar-refractivity contribution is 0.475. The van der Waals surface area contributed by atoms with E-state index >= 15 is 0 Å².